The Morgan fingerprint density at radius 2 is 1.27 bits per heavy atom. The van der Waals surface area contributed by atoms with Gasteiger partial charge in [0.1, 0.15) is 0 Å². The van der Waals surface area contributed by atoms with Gasteiger partial charge in [0, 0.05) is 37.3 Å². The van der Waals surface area contributed by atoms with Crippen LogP contribution in [0, 0.1) is 0 Å². The minimum Gasteiger partial charge on any atom is -0.493 e. The van der Waals surface area contributed by atoms with Gasteiger partial charge >= 0.3 is 0 Å². The van der Waals surface area contributed by atoms with Crippen molar-refractivity contribution in [1.29, 1.82) is 0 Å². The number of carbonyl (C=O) groups excluding carboxylic acids is 2. The Bertz CT molecular complexity index is 784. The van der Waals surface area contributed by atoms with Gasteiger partial charge in [0.15, 0.2) is 11.5 Å². The van der Waals surface area contributed by atoms with Crippen molar-refractivity contribution in [3.63, 3.8) is 0 Å². The molecule has 1 fully saturated rings. The summed E-state index contributed by atoms with van der Waals surface area (Å²) in [4.78, 5) is 28.8. The molecule has 6 heteroatoms. The summed E-state index contributed by atoms with van der Waals surface area (Å²) >= 11 is 0. The van der Waals surface area contributed by atoms with E-state index in [1.807, 2.05) is 30.3 Å². The molecule has 1 heterocycles. The smallest absolute Gasteiger partial charge is 0.254 e. The van der Waals surface area contributed by atoms with Gasteiger partial charge in [-0.2, -0.15) is 0 Å². The summed E-state index contributed by atoms with van der Waals surface area (Å²) in [7, 11) is 3.10. The third-order valence-electron chi connectivity index (χ3n) is 4.51. The highest BCUT2D eigenvalue weighted by atomic mass is 16.5. The van der Waals surface area contributed by atoms with Gasteiger partial charge in [0.2, 0.25) is 0 Å². The first-order valence-electron chi connectivity index (χ1n) is 8.49. The SMILES string of the molecule is COc1ccc(C(=O)N2CCN(C(=O)c3ccccc3)CC2)cc1OC. The van der Waals surface area contributed by atoms with Gasteiger partial charge in [-0.1, -0.05) is 18.2 Å². The summed E-state index contributed by atoms with van der Waals surface area (Å²) in [6.45, 7) is 2.05. The fraction of sp³-hybridized carbons (Fsp3) is 0.300. The second kappa shape index (κ2) is 7.91. The number of nitrogens with zero attached hydrogens (tertiary/aromatic N) is 2. The van der Waals surface area contributed by atoms with E-state index in [4.69, 9.17) is 9.47 Å². The Kier molecular flexibility index (Phi) is 5.41. The minimum absolute atomic E-state index is 0.00353. The second-order valence-corrected chi connectivity index (χ2v) is 6.02. The van der Waals surface area contributed by atoms with E-state index in [-0.39, 0.29) is 11.8 Å². The van der Waals surface area contributed by atoms with Gasteiger partial charge in [-0.05, 0) is 30.3 Å². The first-order chi connectivity index (χ1) is 12.6. The van der Waals surface area contributed by atoms with Gasteiger partial charge in [0.25, 0.3) is 11.8 Å². The Labute approximate surface area is 152 Å². The number of rotatable bonds is 4. The van der Waals surface area contributed by atoms with Crippen molar-refractivity contribution >= 4 is 11.8 Å². The molecular formula is C20H22N2O4. The fourth-order valence-corrected chi connectivity index (χ4v) is 3.03. The molecule has 1 aliphatic rings. The van der Waals surface area contributed by atoms with Crippen molar-refractivity contribution in [2.45, 2.75) is 0 Å². The number of amides is 2. The molecule has 0 aliphatic carbocycles. The predicted octanol–water partition coefficient (Wildman–Crippen LogP) is 2.30. The average Bonchev–Trinajstić information content (AvgIpc) is 2.73. The summed E-state index contributed by atoms with van der Waals surface area (Å²) < 4.78 is 10.5. The topological polar surface area (TPSA) is 59.1 Å². The zero-order valence-corrected chi connectivity index (χ0v) is 15.0. The molecule has 0 radical (unpaired) electrons. The van der Waals surface area contributed by atoms with Crippen molar-refractivity contribution in [2.24, 2.45) is 0 Å². The third-order valence-corrected chi connectivity index (χ3v) is 4.51. The molecule has 0 spiro atoms. The number of ether oxygens (including phenoxy) is 2. The predicted molar refractivity (Wildman–Crippen MR) is 97.8 cm³/mol. The maximum absolute atomic E-state index is 12.7. The van der Waals surface area contributed by atoms with E-state index in [9.17, 15) is 9.59 Å². The maximum Gasteiger partial charge on any atom is 0.254 e. The lowest BCUT2D eigenvalue weighted by atomic mass is 10.1. The first-order valence-corrected chi connectivity index (χ1v) is 8.49. The van der Waals surface area contributed by atoms with Crippen LogP contribution in [0.4, 0.5) is 0 Å². The van der Waals surface area contributed by atoms with E-state index in [2.05, 4.69) is 0 Å². The second-order valence-electron chi connectivity index (χ2n) is 6.02. The van der Waals surface area contributed by atoms with Crippen LogP contribution in [0.3, 0.4) is 0 Å². The number of carbonyl (C=O) groups is 2. The summed E-state index contributed by atoms with van der Waals surface area (Å²) in [5, 5.41) is 0. The average molecular weight is 354 g/mol. The summed E-state index contributed by atoms with van der Waals surface area (Å²) in [6, 6.07) is 14.3. The lowest BCUT2D eigenvalue weighted by Gasteiger charge is -2.35. The van der Waals surface area contributed by atoms with Gasteiger partial charge in [-0.25, -0.2) is 0 Å². The van der Waals surface area contributed by atoms with Crippen molar-refractivity contribution in [2.75, 3.05) is 40.4 Å². The maximum atomic E-state index is 12.7. The van der Waals surface area contributed by atoms with Crippen molar-refractivity contribution in [3.8, 4) is 11.5 Å². The highest BCUT2D eigenvalue weighted by Crippen LogP contribution is 2.28. The molecule has 1 saturated heterocycles. The van der Waals surface area contributed by atoms with Gasteiger partial charge in [0.05, 0.1) is 14.2 Å². The molecule has 0 saturated carbocycles. The number of methoxy groups -OCH3 is 2. The van der Waals surface area contributed by atoms with Crippen LogP contribution < -0.4 is 9.47 Å². The van der Waals surface area contributed by atoms with Crippen LogP contribution in [-0.2, 0) is 0 Å². The molecule has 136 valence electrons. The van der Waals surface area contributed by atoms with E-state index in [1.54, 1.807) is 42.2 Å². The zero-order chi connectivity index (χ0) is 18.5. The molecule has 26 heavy (non-hydrogen) atoms. The van der Waals surface area contributed by atoms with Crippen LogP contribution in [0.1, 0.15) is 20.7 Å². The Hall–Kier alpha value is -3.02. The largest absolute Gasteiger partial charge is 0.493 e. The number of benzene rings is 2. The van der Waals surface area contributed by atoms with Crippen LogP contribution in [0.5, 0.6) is 11.5 Å². The Morgan fingerprint density at radius 1 is 0.731 bits per heavy atom. The van der Waals surface area contributed by atoms with Crippen LogP contribution in [0.2, 0.25) is 0 Å². The summed E-state index contributed by atoms with van der Waals surface area (Å²) in [6.07, 6.45) is 0. The molecular weight excluding hydrogens is 332 g/mol. The van der Waals surface area contributed by atoms with Gasteiger partial charge in [-0.3, -0.25) is 9.59 Å². The monoisotopic (exact) mass is 354 g/mol. The lowest BCUT2D eigenvalue weighted by Crippen LogP contribution is -2.50. The molecule has 2 aromatic carbocycles. The standard InChI is InChI=1S/C20H22N2O4/c1-25-17-9-8-16(14-18(17)26-2)20(24)22-12-10-21(11-13-22)19(23)15-6-4-3-5-7-15/h3-9,14H,10-13H2,1-2H3. The Balaban J connectivity index is 1.64. The van der Waals surface area contributed by atoms with Crippen LogP contribution in [0.15, 0.2) is 48.5 Å². The minimum atomic E-state index is -0.0715. The fourth-order valence-electron chi connectivity index (χ4n) is 3.03. The number of hydrogen-bond donors (Lipinski definition) is 0. The van der Waals surface area contributed by atoms with Gasteiger partial charge in [-0.15, -0.1) is 0 Å². The molecule has 0 unspecified atom stereocenters. The first kappa shape index (κ1) is 17.8. The van der Waals surface area contributed by atoms with E-state index < -0.39 is 0 Å². The zero-order valence-electron chi connectivity index (χ0n) is 15.0. The highest BCUT2D eigenvalue weighted by molar-refractivity contribution is 5.96. The molecule has 0 atom stereocenters. The number of piperazine rings is 1. The molecule has 0 N–H and O–H groups in total. The van der Waals surface area contributed by atoms with E-state index >= 15 is 0 Å². The molecule has 2 aromatic rings. The molecule has 3 rings (SSSR count). The van der Waals surface area contributed by atoms with Crippen LogP contribution >= 0.6 is 0 Å². The quantitative estimate of drug-likeness (QED) is 0.845. The normalized spacial score (nSPS) is 14.1. The van der Waals surface area contributed by atoms with Crippen molar-refractivity contribution in [1.82, 2.24) is 9.80 Å². The van der Waals surface area contributed by atoms with Gasteiger partial charge < -0.3 is 19.3 Å². The van der Waals surface area contributed by atoms with Crippen molar-refractivity contribution in [3.05, 3.63) is 59.7 Å². The number of hydrogen-bond acceptors (Lipinski definition) is 4. The lowest BCUT2D eigenvalue weighted by molar-refractivity contribution is 0.0535. The molecule has 0 aromatic heterocycles. The summed E-state index contributed by atoms with van der Waals surface area (Å²) in [5.41, 5.74) is 1.22. The van der Waals surface area contributed by atoms with Crippen molar-refractivity contribution < 1.29 is 19.1 Å². The van der Waals surface area contributed by atoms with E-state index in [0.29, 0.717) is 48.8 Å². The molecule has 2 amide bonds. The van der Waals surface area contributed by atoms with Crippen LogP contribution in [-0.4, -0.2) is 62.0 Å². The molecule has 6 nitrogen and oxygen atoms in total. The highest BCUT2D eigenvalue weighted by Gasteiger charge is 2.26. The molecule has 1 aliphatic heterocycles. The van der Waals surface area contributed by atoms with E-state index in [1.165, 1.54) is 0 Å². The summed E-state index contributed by atoms with van der Waals surface area (Å²) in [5.74, 6) is 1.04. The van der Waals surface area contributed by atoms with Crippen LogP contribution in [0.25, 0.3) is 0 Å². The van der Waals surface area contributed by atoms with E-state index in [0.717, 1.165) is 0 Å². The Morgan fingerprint density at radius 3 is 1.81 bits per heavy atom. The molecule has 0 bridgehead atoms. The third kappa shape index (κ3) is 3.64.